The zero-order valence-corrected chi connectivity index (χ0v) is 13.3. The van der Waals surface area contributed by atoms with Crippen molar-refractivity contribution in [2.45, 2.75) is 27.2 Å². The lowest BCUT2D eigenvalue weighted by Gasteiger charge is -2.34. The van der Waals surface area contributed by atoms with Gasteiger partial charge in [-0.3, -0.25) is 9.48 Å². The molecule has 0 N–H and O–H groups in total. The number of amides is 1. The molecule has 2 rings (SSSR count). The average molecular weight is 296 g/mol. The summed E-state index contributed by atoms with van der Waals surface area (Å²) >= 11 is 6.15. The predicted molar refractivity (Wildman–Crippen MR) is 81.5 cm³/mol. The van der Waals surface area contributed by atoms with Crippen molar-refractivity contribution in [3.05, 3.63) is 22.5 Å². The van der Waals surface area contributed by atoms with Crippen LogP contribution in [-0.2, 0) is 11.8 Å². The number of rotatable bonds is 2. The molecule has 1 aromatic rings. The van der Waals surface area contributed by atoms with Crippen molar-refractivity contribution < 1.29 is 4.79 Å². The summed E-state index contributed by atoms with van der Waals surface area (Å²) < 4.78 is 1.62. The molecule has 1 aromatic heterocycles. The second kappa shape index (κ2) is 6.00. The van der Waals surface area contributed by atoms with Crippen molar-refractivity contribution in [2.75, 3.05) is 13.1 Å². The van der Waals surface area contributed by atoms with Gasteiger partial charge in [0.2, 0.25) is 5.91 Å². The minimum Gasteiger partial charge on any atom is -0.339 e. The molecule has 0 aliphatic carbocycles. The van der Waals surface area contributed by atoms with Crippen LogP contribution in [0.3, 0.4) is 0 Å². The monoisotopic (exact) mass is 295 g/mol. The molecule has 110 valence electrons. The summed E-state index contributed by atoms with van der Waals surface area (Å²) in [5.74, 6) is 1.20. The van der Waals surface area contributed by atoms with Crippen molar-refractivity contribution >= 4 is 23.6 Å². The number of carbonyl (C=O) groups excluding carboxylic acids is 1. The largest absolute Gasteiger partial charge is 0.339 e. The zero-order chi connectivity index (χ0) is 14.9. The first-order valence-corrected chi connectivity index (χ1v) is 7.42. The number of likely N-dealkylation sites (tertiary alicyclic amines) is 1. The molecular formula is C15H22ClN3O. The molecule has 1 aliphatic heterocycles. The van der Waals surface area contributed by atoms with Crippen molar-refractivity contribution in [3.63, 3.8) is 0 Å². The van der Waals surface area contributed by atoms with E-state index >= 15 is 0 Å². The quantitative estimate of drug-likeness (QED) is 0.787. The van der Waals surface area contributed by atoms with Gasteiger partial charge in [0, 0.05) is 31.8 Å². The summed E-state index contributed by atoms with van der Waals surface area (Å²) in [6, 6.07) is 0. The summed E-state index contributed by atoms with van der Waals surface area (Å²) in [6.07, 6.45) is 4.58. The summed E-state index contributed by atoms with van der Waals surface area (Å²) in [7, 11) is 1.79. The minimum absolute atomic E-state index is 0.0581. The molecule has 20 heavy (non-hydrogen) atoms. The Kier molecular flexibility index (Phi) is 4.53. The lowest BCUT2D eigenvalue weighted by molar-refractivity contribution is -0.128. The molecule has 0 bridgehead atoms. The van der Waals surface area contributed by atoms with Crippen LogP contribution in [0.1, 0.15) is 31.5 Å². The first kappa shape index (κ1) is 15.1. The third-order valence-electron chi connectivity index (χ3n) is 3.77. The molecule has 2 atom stereocenters. The molecule has 0 aromatic carbocycles. The lowest BCUT2D eigenvalue weighted by Crippen LogP contribution is -2.41. The standard InChI is InChI=1S/C15H22ClN3O/c1-10-7-11(2)9-19(8-10)14(20)6-5-13-12(3)17-18(4)15(13)16/h5-6,10-11H,7-9H2,1-4H3/b6-5+. The fourth-order valence-corrected chi connectivity index (χ4v) is 3.18. The number of hydrogen-bond acceptors (Lipinski definition) is 2. The highest BCUT2D eigenvalue weighted by Gasteiger charge is 2.24. The summed E-state index contributed by atoms with van der Waals surface area (Å²) in [5, 5.41) is 4.80. The van der Waals surface area contributed by atoms with E-state index < -0.39 is 0 Å². The molecule has 2 heterocycles. The third-order valence-corrected chi connectivity index (χ3v) is 4.22. The van der Waals surface area contributed by atoms with Crippen LogP contribution in [0, 0.1) is 18.8 Å². The molecule has 1 saturated heterocycles. The Morgan fingerprint density at radius 3 is 2.45 bits per heavy atom. The fraction of sp³-hybridized carbons (Fsp3) is 0.600. The van der Waals surface area contributed by atoms with Gasteiger partial charge in [0.1, 0.15) is 5.15 Å². The Morgan fingerprint density at radius 2 is 1.95 bits per heavy atom. The Hall–Kier alpha value is -1.29. The van der Waals surface area contributed by atoms with Crippen LogP contribution in [0.15, 0.2) is 6.08 Å². The molecule has 0 radical (unpaired) electrons. The van der Waals surface area contributed by atoms with E-state index in [-0.39, 0.29) is 5.91 Å². The number of hydrogen-bond donors (Lipinski definition) is 0. The van der Waals surface area contributed by atoms with Crippen LogP contribution in [0.4, 0.5) is 0 Å². The Labute approximate surface area is 125 Å². The number of nitrogens with zero attached hydrogens (tertiary/aromatic N) is 3. The van der Waals surface area contributed by atoms with E-state index in [4.69, 9.17) is 11.6 Å². The third kappa shape index (κ3) is 3.23. The maximum atomic E-state index is 12.3. The molecule has 0 saturated carbocycles. The van der Waals surface area contributed by atoms with E-state index in [1.54, 1.807) is 23.9 Å². The summed E-state index contributed by atoms with van der Waals surface area (Å²) in [4.78, 5) is 14.2. The van der Waals surface area contributed by atoms with Gasteiger partial charge in [-0.25, -0.2) is 0 Å². The number of halogens is 1. The Balaban J connectivity index is 2.09. The molecule has 1 amide bonds. The molecule has 4 nitrogen and oxygen atoms in total. The van der Waals surface area contributed by atoms with E-state index in [2.05, 4.69) is 18.9 Å². The maximum Gasteiger partial charge on any atom is 0.246 e. The van der Waals surface area contributed by atoms with E-state index in [1.807, 2.05) is 11.8 Å². The van der Waals surface area contributed by atoms with Gasteiger partial charge >= 0.3 is 0 Å². The van der Waals surface area contributed by atoms with Gasteiger partial charge in [0.25, 0.3) is 0 Å². The average Bonchev–Trinajstić information content (AvgIpc) is 2.60. The Morgan fingerprint density at radius 1 is 1.35 bits per heavy atom. The van der Waals surface area contributed by atoms with Gasteiger partial charge in [-0.05, 0) is 31.3 Å². The predicted octanol–water partition coefficient (Wildman–Crippen LogP) is 2.90. The van der Waals surface area contributed by atoms with Crippen LogP contribution < -0.4 is 0 Å². The number of piperidine rings is 1. The van der Waals surface area contributed by atoms with Crippen LogP contribution in [-0.4, -0.2) is 33.7 Å². The van der Waals surface area contributed by atoms with Crippen molar-refractivity contribution in [1.29, 1.82) is 0 Å². The van der Waals surface area contributed by atoms with Gasteiger partial charge in [0.15, 0.2) is 0 Å². The molecular weight excluding hydrogens is 274 g/mol. The van der Waals surface area contributed by atoms with Crippen LogP contribution in [0.5, 0.6) is 0 Å². The molecule has 1 aliphatic rings. The van der Waals surface area contributed by atoms with Crippen molar-refractivity contribution in [2.24, 2.45) is 18.9 Å². The smallest absolute Gasteiger partial charge is 0.246 e. The van der Waals surface area contributed by atoms with Gasteiger partial charge in [-0.15, -0.1) is 0 Å². The topological polar surface area (TPSA) is 38.1 Å². The van der Waals surface area contributed by atoms with Crippen LogP contribution in [0.2, 0.25) is 5.15 Å². The van der Waals surface area contributed by atoms with E-state index in [1.165, 1.54) is 6.42 Å². The molecule has 0 spiro atoms. The summed E-state index contributed by atoms with van der Waals surface area (Å²) in [5.41, 5.74) is 1.66. The van der Waals surface area contributed by atoms with Gasteiger partial charge in [-0.2, -0.15) is 5.10 Å². The second-order valence-corrected chi connectivity index (χ2v) is 6.29. The van der Waals surface area contributed by atoms with E-state index in [9.17, 15) is 4.79 Å². The van der Waals surface area contributed by atoms with Crippen molar-refractivity contribution in [1.82, 2.24) is 14.7 Å². The highest BCUT2D eigenvalue weighted by molar-refractivity contribution is 6.31. The number of aryl methyl sites for hydroxylation is 2. The van der Waals surface area contributed by atoms with E-state index in [0.29, 0.717) is 17.0 Å². The normalized spacial score (nSPS) is 23.6. The van der Waals surface area contributed by atoms with Crippen LogP contribution in [0.25, 0.3) is 6.08 Å². The maximum absolute atomic E-state index is 12.3. The first-order chi connectivity index (χ1) is 9.38. The highest BCUT2D eigenvalue weighted by atomic mass is 35.5. The van der Waals surface area contributed by atoms with Crippen LogP contribution >= 0.6 is 11.6 Å². The minimum atomic E-state index is 0.0581. The number of aromatic nitrogens is 2. The summed E-state index contributed by atoms with van der Waals surface area (Å²) in [6.45, 7) is 7.96. The second-order valence-electron chi connectivity index (χ2n) is 5.94. The lowest BCUT2D eigenvalue weighted by atomic mass is 9.92. The van der Waals surface area contributed by atoms with Gasteiger partial charge in [0.05, 0.1) is 5.69 Å². The SMILES string of the molecule is Cc1nn(C)c(Cl)c1/C=C/C(=O)N1CC(C)CC(C)C1. The highest BCUT2D eigenvalue weighted by Crippen LogP contribution is 2.22. The van der Waals surface area contributed by atoms with Gasteiger partial charge in [-0.1, -0.05) is 25.4 Å². The zero-order valence-electron chi connectivity index (χ0n) is 12.6. The Bertz CT molecular complexity index is 525. The fourth-order valence-electron chi connectivity index (χ4n) is 2.94. The number of carbonyl (C=O) groups is 1. The molecule has 1 fully saturated rings. The molecule has 5 heteroatoms. The first-order valence-electron chi connectivity index (χ1n) is 7.04. The molecule has 2 unspecified atom stereocenters. The van der Waals surface area contributed by atoms with Gasteiger partial charge < -0.3 is 4.90 Å². The van der Waals surface area contributed by atoms with E-state index in [0.717, 1.165) is 24.3 Å². The van der Waals surface area contributed by atoms with Crippen molar-refractivity contribution in [3.8, 4) is 0 Å².